The lowest BCUT2D eigenvalue weighted by Crippen LogP contribution is -2.41. The van der Waals surface area contributed by atoms with Gasteiger partial charge in [0.1, 0.15) is 5.75 Å². The number of benzene rings is 1. The summed E-state index contributed by atoms with van der Waals surface area (Å²) in [6.07, 6.45) is 3.67. The van der Waals surface area contributed by atoms with E-state index in [9.17, 15) is 19.5 Å². The van der Waals surface area contributed by atoms with Crippen molar-refractivity contribution >= 4 is 28.7 Å². The molecule has 0 bridgehead atoms. The third kappa shape index (κ3) is 3.91. The number of phenolic OH excluding ortho intramolecular Hbond substituents is 1. The maximum absolute atomic E-state index is 13.2. The SMILES string of the molecule is CCOC(=O)[C@@H]1CCCN(c2nc3ncc4c(c3c(=O)[nH]2)C[C@@H](c2ccccc2O)CC4=O)C1. The minimum Gasteiger partial charge on any atom is -0.508 e. The number of carbonyl (C=O) groups is 2. The standard InChI is InChI=1S/C25H26N4O5/c1-2-34-24(33)14-6-5-9-29(13-14)25-27-22-21(23(32)28-25)17-10-15(11-20(31)18(17)12-26-22)16-7-3-4-8-19(16)30/h3-4,7-8,12,14-15,30H,2,5-6,9-11,13H2,1H3,(H,26,27,28,32)/t14-,15-/m1/s1. The number of ether oxygens (including phenoxy) is 1. The van der Waals surface area contributed by atoms with Crippen LogP contribution in [-0.4, -0.2) is 51.5 Å². The molecule has 5 rings (SSSR count). The first-order chi connectivity index (χ1) is 16.5. The highest BCUT2D eigenvalue weighted by Crippen LogP contribution is 2.38. The number of nitrogens with zero attached hydrogens (tertiary/aromatic N) is 3. The molecule has 0 amide bonds. The molecule has 1 aliphatic carbocycles. The number of hydrogen-bond donors (Lipinski definition) is 2. The first kappa shape index (κ1) is 22.1. The number of pyridine rings is 1. The van der Waals surface area contributed by atoms with Gasteiger partial charge in [0.2, 0.25) is 5.95 Å². The van der Waals surface area contributed by atoms with E-state index in [1.165, 1.54) is 6.20 Å². The monoisotopic (exact) mass is 462 g/mol. The highest BCUT2D eigenvalue weighted by atomic mass is 16.5. The number of nitrogens with one attached hydrogen (secondary N) is 1. The summed E-state index contributed by atoms with van der Waals surface area (Å²) in [5.74, 6) is -0.366. The number of hydrogen-bond acceptors (Lipinski definition) is 8. The third-order valence-corrected chi connectivity index (χ3v) is 6.73. The molecule has 1 aromatic carbocycles. The van der Waals surface area contributed by atoms with Gasteiger partial charge in [0.05, 0.1) is 17.9 Å². The van der Waals surface area contributed by atoms with E-state index < -0.39 is 0 Å². The van der Waals surface area contributed by atoms with Crippen molar-refractivity contribution in [2.75, 3.05) is 24.6 Å². The summed E-state index contributed by atoms with van der Waals surface area (Å²) in [5, 5.41) is 10.6. The first-order valence-corrected chi connectivity index (χ1v) is 11.6. The molecular weight excluding hydrogens is 436 g/mol. The number of phenols is 1. The summed E-state index contributed by atoms with van der Waals surface area (Å²) < 4.78 is 5.17. The van der Waals surface area contributed by atoms with Gasteiger partial charge in [0.25, 0.3) is 5.56 Å². The lowest BCUT2D eigenvalue weighted by atomic mass is 9.79. The summed E-state index contributed by atoms with van der Waals surface area (Å²) in [5.41, 5.74) is 1.62. The van der Waals surface area contributed by atoms with Gasteiger partial charge in [-0.15, -0.1) is 0 Å². The summed E-state index contributed by atoms with van der Waals surface area (Å²) in [6.45, 7) is 3.17. The van der Waals surface area contributed by atoms with Gasteiger partial charge in [0.15, 0.2) is 11.4 Å². The molecule has 34 heavy (non-hydrogen) atoms. The zero-order valence-corrected chi connectivity index (χ0v) is 18.9. The van der Waals surface area contributed by atoms with Gasteiger partial charge in [-0.2, -0.15) is 4.98 Å². The van der Waals surface area contributed by atoms with Crippen LogP contribution in [0.25, 0.3) is 11.0 Å². The lowest BCUT2D eigenvalue weighted by Gasteiger charge is -2.32. The molecule has 3 aromatic rings. The molecule has 0 saturated carbocycles. The maximum atomic E-state index is 13.2. The van der Waals surface area contributed by atoms with Crippen LogP contribution in [0, 0.1) is 5.92 Å². The van der Waals surface area contributed by atoms with Gasteiger partial charge >= 0.3 is 5.97 Å². The van der Waals surface area contributed by atoms with Gasteiger partial charge in [0, 0.05) is 31.3 Å². The Bertz CT molecular complexity index is 1330. The van der Waals surface area contributed by atoms with Crippen LogP contribution < -0.4 is 10.5 Å². The molecule has 0 spiro atoms. The average Bonchev–Trinajstić information content (AvgIpc) is 2.84. The molecule has 1 aliphatic heterocycles. The van der Waals surface area contributed by atoms with E-state index in [1.807, 2.05) is 11.0 Å². The fraction of sp³-hybridized carbons (Fsp3) is 0.400. The molecule has 2 aliphatic rings. The Hall–Kier alpha value is -3.75. The number of anilines is 1. The van der Waals surface area contributed by atoms with Crippen molar-refractivity contribution in [1.29, 1.82) is 0 Å². The van der Waals surface area contributed by atoms with Crippen LogP contribution in [0.2, 0.25) is 0 Å². The van der Waals surface area contributed by atoms with E-state index in [1.54, 1.807) is 25.1 Å². The molecule has 9 nitrogen and oxygen atoms in total. The van der Waals surface area contributed by atoms with Crippen LogP contribution in [0.3, 0.4) is 0 Å². The zero-order chi connectivity index (χ0) is 23.8. The van der Waals surface area contributed by atoms with Gasteiger partial charge < -0.3 is 14.7 Å². The van der Waals surface area contributed by atoms with Gasteiger partial charge in [-0.1, -0.05) is 18.2 Å². The Morgan fingerprint density at radius 1 is 1.26 bits per heavy atom. The topological polar surface area (TPSA) is 125 Å². The smallest absolute Gasteiger partial charge is 0.310 e. The van der Waals surface area contributed by atoms with Crippen molar-refractivity contribution in [1.82, 2.24) is 15.0 Å². The zero-order valence-electron chi connectivity index (χ0n) is 18.9. The number of fused-ring (bicyclic) bond motifs is 3. The van der Waals surface area contributed by atoms with E-state index in [2.05, 4.69) is 15.0 Å². The largest absolute Gasteiger partial charge is 0.508 e. The number of ketones is 1. The van der Waals surface area contributed by atoms with Crippen LogP contribution in [-0.2, 0) is 16.0 Å². The summed E-state index contributed by atoms with van der Waals surface area (Å²) >= 11 is 0. The second kappa shape index (κ2) is 8.89. The Labute approximate surface area is 195 Å². The molecule has 2 atom stereocenters. The van der Waals surface area contributed by atoms with E-state index in [0.29, 0.717) is 54.1 Å². The fourth-order valence-corrected chi connectivity index (χ4v) is 5.08. The van der Waals surface area contributed by atoms with Crippen molar-refractivity contribution in [2.45, 2.75) is 38.5 Å². The molecule has 1 saturated heterocycles. The Kier molecular flexibility index (Phi) is 5.77. The van der Waals surface area contributed by atoms with Crippen LogP contribution >= 0.6 is 0 Å². The second-order valence-electron chi connectivity index (χ2n) is 8.86. The van der Waals surface area contributed by atoms with Crippen LogP contribution in [0.5, 0.6) is 5.75 Å². The number of para-hydroxylation sites is 1. The predicted octanol–water partition coefficient (Wildman–Crippen LogP) is 2.72. The number of rotatable bonds is 4. The van der Waals surface area contributed by atoms with Crippen LogP contribution in [0.15, 0.2) is 35.3 Å². The predicted molar refractivity (Wildman–Crippen MR) is 125 cm³/mol. The van der Waals surface area contributed by atoms with Crippen molar-refractivity contribution in [3.05, 3.63) is 57.5 Å². The number of carbonyl (C=O) groups excluding carboxylic acids is 2. The van der Waals surface area contributed by atoms with E-state index >= 15 is 0 Å². The number of aromatic hydroxyl groups is 1. The molecule has 2 aromatic heterocycles. The van der Waals surface area contributed by atoms with Crippen LogP contribution in [0.1, 0.15) is 53.6 Å². The number of esters is 1. The summed E-state index contributed by atoms with van der Waals surface area (Å²) in [4.78, 5) is 52.0. The normalized spacial score (nSPS) is 20.3. The summed E-state index contributed by atoms with van der Waals surface area (Å²) in [6, 6.07) is 6.96. The number of aromatic nitrogens is 3. The number of piperidine rings is 1. The summed E-state index contributed by atoms with van der Waals surface area (Å²) in [7, 11) is 0. The van der Waals surface area contributed by atoms with Crippen LogP contribution in [0.4, 0.5) is 5.95 Å². The molecule has 9 heteroatoms. The van der Waals surface area contributed by atoms with Gasteiger partial charge in [-0.3, -0.25) is 19.4 Å². The minimum atomic E-state index is -0.367. The van der Waals surface area contributed by atoms with Gasteiger partial charge in [-0.25, -0.2) is 4.98 Å². The second-order valence-corrected chi connectivity index (χ2v) is 8.86. The molecule has 2 N–H and O–H groups in total. The Balaban J connectivity index is 1.51. The maximum Gasteiger partial charge on any atom is 0.310 e. The van der Waals surface area contributed by atoms with E-state index in [0.717, 1.165) is 12.8 Å². The van der Waals surface area contributed by atoms with Crippen molar-refractivity contribution < 1.29 is 19.4 Å². The highest BCUT2D eigenvalue weighted by molar-refractivity contribution is 6.02. The Morgan fingerprint density at radius 2 is 2.09 bits per heavy atom. The number of aromatic amines is 1. The average molecular weight is 463 g/mol. The van der Waals surface area contributed by atoms with E-state index in [4.69, 9.17) is 4.74 Å². The number of Topliss-reactive ketones (excluding diaryl/α,β-unsaturated/α-hetero) is 1. The van der Waals surface area contributed by atoms with E-state index in [-0.39, 0.29) is 47.0 Å². The third-order valence-electron chi connectivity index (χ3n) is 6.73. The minimum absolute atomic E-state index is 0.110. The Morgan fingerprint density at radius 3 is 2.88 bits per heavy atom. The van der Waals surface area contributed by atoms with Crippen molar-refractivity contribution in [2.24, 2.45) is 5.92 Å². The molecule has 0 radical (unpaired) electrons. The quantitative estimate of drug-likeness (QED) is 0.567. The molecule has 1 fully saturated rings. The van der Waals surface area contributed by atoms with Crippen molar-refractivity contribution in [3.8, 4) is 5.75 Å². The molecule has 176 valence electrons. The van der Waals surface area contributed by atoms with Crippen molar-refractivity contribution in [3.63, 3.8) is 0 Å². The molecule has 0 unspecified atom stereocenters. The number of H-pyrrole nitrogens is 1. The van der Waals surface area contributed by atoms with Gasteiger partial charge in [-0.05, 0) is 49.3 Å². The molecular formula is C25H26N4O5. The lowest BCUT2D eigenvalue weighted by molar-refractivity contribution is -0.148. The fourth-order valence-electron chi connectivity index (χ4n) is 5.08. The molecule has 3 heterocycles. The first-order valence-electron chi connectivity index (χ1n) is 11.6. The highest BCUT2D eigenvalue weighted by Gasteiger charge is 2.32.